The van der Waals surface area contributed by atoms with E-state index in [-0.39, 0.29) is 76.0 Å². The van der Waals surface area contributed by atoms with E-state index in [9.17, 15) is 63.0 Å². The molecule has 0 unspecified atom stereocenters. The minimum absolute atomic E-state index is 0.0786. The molecule has 9 amide bonds. The van der Waals surface area contributed by atoms with Crippen LogP contribution in [0, 0.1) is 42.4 Å². The van der Waals surface area contributed by atoms with Crippen LogP contribution in [0.2, 0.25) is 0 Å². The number of ether oxygens (including phenoxy) is 3. The maximum absolute atomic E-state index is 14.8. The third kappa shape index (κ3) is 24.6. The van der Waals surface area contributed by atoms with E-state index in [1.165, 1.54) is 37.0 Å². The van der Waals surface area contributed by atoms with Gasteiger partial charge < -0.3 is 66.5 Å². The van der Waals surface area contributed by atoms with Crippen molar-refractivity contribution in [3.05, 3.63) is 83.2 Å². The lowest BCUT2D eigenvalue weighted by atomic mass is 9.86. The number of aliphatic hydroxyl groups is 1. The van der Waals surface area contributed by atoms with Gasteiger partial charge in [0.1, 0.15) is 25.2 Å². The molecule has 0 radical (unpaired) electrons. The first-order valence-corrected chi connectivity index (χ1v) is 33.9. The summed E-state index contributed by atoms with van der Waals surface area (Å²) in [5, 5.41) is 41.8. The van der Waals surface area contributed by atoms with Gasteiger partial charge in [-0.05, 0) is 86.3 Å². The number of hydrogen-bond donors (Lipinski definition) is 8. The number of ketones is 2. The molecule has 1 aromatic heterocycles. The number of primary amides is 1. The Balaban J connectivity index is 1.41. The maximum Gasteiger partial charge on any atom is 0.410 e. The molecule has 1 aliphatic heterocycles. The van der Waals surface area contributed by atoms with Gasteiger partial charge in [-0.2, -0.15) is 0 Å². The van der Waals surface area contributed by atoms with Gasteiger partial charge in [-0.25, -0.2) is 14.3 Å². The summed E-state index contributed by atoms with van der Waals surface area (Å²) in [7, 11) is 6.06. The lowest BCUT2D eigenvalue weighted by molar-refractivity contribution is -0.148. The molecule has 28 nitrogen and oxygen atoms in total. The SMILES string of the molecule is CC[C@H](C)[C@@H]([C@@H](CC(=O)N1CCC[C@H]1[C@H](OC)[C@@H](C)C(=O)N[C@H](C)[C@@H](O)c1ccccc1)OC)N(C)C(=O)[C@@H](NC(=O)[C@H](C(C)C)N(C)C(=O)OCc1ccc(CC(=O)[C@H](CCCNC(N)=O)NC(=O)[C@@H](CC(=O)[C@H](CCC(=O)O)NC(=O)Cn2cc(C)nn2)C(C)C)cc1)C(C)C. The van der Waals surface area contributed by atoms with Crippen molar-refractivity contribution in [1.29, 1.82) is 0 Å². The minimum Gasteiger partial charge on any atom is -0.481 e. The number of nitrogens with one attached hydrogen (secondary N) is 5. The van der Waals surface area contributed by atoms with Crippen molar-refractivity contribution in [1.82, 2.24) is 56.3 Å². The van der Waals surface area contributed by atoms with E-state index < -0.39 is 150 Å². The van der Waals surface area contributed by atoms with Crippen LogP contribution in [0.25, 0.3) is 0 Å². The van der Waals surface area contributed by atoms with E-state index in [0.717, 1.165) is 0 Å². The van der Waals surface area contributed by atoms with Crippen molar-refractivity contribution < 1.29 is 77.2 Å². The Morgan fingerprint density at radius 1 is 0.745 bits per heavy atom. The fourth-order valence-corrected chi connectivity index (χ4v) is 12.6. The molecule has 0 saturated carbocycles. The Labute approximate surface area is 576 Å². The number of urea groups is 1. The first-order valence-electron chi connectivity index (χ1n) is 33.9. The summed E-state index contributed by atoms with van der Waals surface area (Å²) in [6.07, 6.45) is -0.862. The summed E-state index contributed by atoms with van der Waals surface area (Å²) >= 11 is 0. The van der Waals surface area contributed by atoms with Crippen LogP contribution >= 0.6 is 0 Å². The fourth-order valence-electron chi connectivity index (χ4n) is 12.6. The van der Waals surface area contributed by atoms with Crippen LogP contribution in [-0.4, -0.2) is 201 Å². The molecule has 3 aromatic rings. The number of Topliss-reactive ketones (excluding diaryl/α,β-unsaturated/α-hetero) is 2. The van der Waals surface area contributed by atoms with Gasteiger partial charge in [0.25, 0.3) is 0 Å². The first-order chi connectivity index (χ1) is 46.2. The van der Waals surface area contributed by atoms with E-state index in [1.807, 2.05) is 32.0 Å². The molecule has 1 fully saturated rings. The highest BCUT2D eigenvalue weighted by Crippen LogP contribution is 2.31. The topological polar surface area (TPSA) is 383 Å². The number of methoxy groups -OCH3 is 2. The predicted octanol–water partition coefficient (Wildman–Crippen LogP) is 4.81. The molecule has 0 bridgehead atoms. The van der Waals surface area contributed by atoms with Crippen LogP contribution in [0.4, 0.5) is 9.59 Å². The Bertz CT molecular complexity index is 3130. The van der Waals surface area contributed by atoms with Crippen molar-refractivity contribution in [3.8, 4) is 0 Å². The van der Waals surface area contributed by atoms with Gasteiger partial charge in [0, 0.05) is 72.8 Å². The van der Waals surface area contributed by atoms with Gasteiger partial charge >= 0.3 is 18.1 Å². The number of benzene rings is 2. The van der Waals surface area contributed by atoms with E-state index >= 15 is 0 Å². The normalized spacial score (nSPS) is 16.8. The van der Waals surface area contributed by atoms with Crippen LogP contribution < -0.4 is 32.3 Å². The summed E-state index contributed by atoms with van der Waals surface area (Å²) in [4.78, 5) is 154. The van der Waals surface area contributed by atoms with E-state index in [4.69, 9.17) is 19.9 Å². The molecule has 28 heteroatoms. The smallest absolute Gasteiger partial charge is 0.410 e. The molecular weight excluding hydrogens is 1260 g/mol. The highest BCUT2D eigenvalue weighted by atomic mass is 16.6. The molecule has 4 rings (SSSR count). The number of aliphatic carboxylic acids is 1. The lowest BCUT2D eigenvalue weighted by Crippen LogP contribution is -2.60. The van der Waals surface area contributed by atoms with Crippen LogP contribution in [0.5, 0.6) is 0 Å². The zero-order chi connectivity index (χ0) is 73.2. The number of likely N-dealkylation sites (tertiary alicyclic amines) is 1. The average Bonchev–Trinajstić information content (AvgIpc) is 1.33. The molecule has 0 spiro atoms. The third-order valence-electron chi connectivity index (χ3n) is 18.4. The van der Waals surface area contributed by atoms with Crippen molar-refractivity contribution in [3.63, 3.8) is 0 Å². The number of likely N-dealkylation sites (N-methyl/N-ethyl adjacent to an activating group) is 2. The fraction of sp³-hybridized carbons (Fsp3) is 0.643. The van der Waals surface area contributed by atoms with Crippen molar-refractivity contribution in [2.45, 2.75) is 214 Å². The average molecular weight is 1370 g/mol. The number of carboxylic acids is 1. The van der Waals surface area contributed by atoms with Crippen molar-refractivity contribution in [2.24, 2.45) is 41.2 Å². The predicted molar refractivity (Wildman–Crippen MR) is 364 cm³/mol. The standard InChI is InChI=1S/C70H108N12O16/c1-16-43(8)62(56(96-14)36-58(86)82-33-21-25-53(82)64(97-15)45(10)65(90)73-46(11)63(89)49-22-18-17-19-23-49)79(12)68(93)60(41(4)5)76-67(92)61(42(6)7)80(13)70(95)98-39-48-28-26-47(27-29-48)34-54(83)51(24-20-32-72-69(71)94)75-66(91)50(40(2)3)35-55(84)52(30-31-59(87)88)74-57(85)38-81-37-44(9)77-78-81/h17-19,22-23,26-29,37,40-43,45-46,50-53,56,60-64,89H,16,20-21,24-25,30-36,38-39H2,1-15H3,(H,73,90)(H,74,85)(H,75,91)(H,76,92)(H,87,88)(H3,71,72,94)/t43-,45+,46+,50-,51-,52-,53-,56+,60-,61-,62-,63+,64+/m0/s1. The number of carboxylic acid groups (broad SMARTS) is 1. The Morgan fingerprint density at radius 2 is 1.39 bits per heavy atom. The molecule has 9 N–H and O–H groups in total. The number of carbonyl (C=O) groups is 11. The van der Waals surface area contributed by atoms with Gasteiger partial charge in [-0.15, -0.1) is 5.10 Å². The number of nitrogens with two attached hydrogens (primary N) is 1. The first kappa shape index (κ1) is 82.1. The second kappa shape index (κ2) is 39.9. The van der Waals surface area contributed by atoms with Crippen molar-refractivity contribution in [2.75, 3.05) is 41.4 Å². The molecule has 544 valence electrons. The molecule has 13 atom stereocenters. The van der Waals surface area contributed by atoms with Crippen LogP contribution in [-0.2, 0) is 76.9 Å². The van der Waals surface area contributed by atoms with Crippen LogP contribution in [0.15, 0.2) is 60.8 Å². The number of aryl methyl sites for hydroxylation is 1. The molecule has 2 heterocycles. The molecule has 1 saturated heterocycles. The monoisotopic (exact) mass is 1370 g/mol. The Kier molecular flexibility index (Phi) is 33.4. The summed E-state index contributed by atoms with van der Waals surface area (Å²) in [5.41, 5.74) is 7.56. The number of nitrogens with zero attached hydrogens (tertiary/aromatic N) is 6. The Morgan fingerprint density at radius 3 is 1.95 bits per heavy atom. The highest BCUT2D eigenvalue weighted by Gasteiger charge is 2.44. The summed E-state index contributed by atoms with van der Waals surface area (Å²) < 4.78 is 19.0. The number of hydrogen-bond acceptors (Lipinski definition) is 17. The number of aromatic nitrogens is 3. The van der Waals surface area contributed by atoms with Gasteiger partial charge in [0.15, 0.2) is 11.6 Å². The number of rotatable bonds is 41. The number of carbonyl (C=O) groups excluding carboxylic acids is 10. The zero-order valence-corrected chi connectivity index (χ0v) is 59.8. The lowest BCUT2D eigenvalue weighted by Gasteiger charge is -2.41. The van der Waals surface area contributed by atoms with Gasteiger partial charge in [0.05, 0.1) is 66.6 Å². The highest BCUT2D eigenvalue weighted by molar-refractivity contribution is 5.95. The quantitative estimate of drug-likeness (QED) is 0.0353. The molecule has 1 aliphatic rings. The van der Waals surface area contributed by atoms with E-state index in [2.05, 4.69) is 36.9 Å². The summed E-state index contributed by atoms with van der Waals surface area (Å²) in [6, 6.07) is 8.67. The molecule has 0 aliphatic carbocycles. The second-order valence-corrected chi connectivity index (χ2v) is 26.9. The summed E-state index contributed by atoms with van der Waals surface area (Å²) in [5.74, 6) is -8.24. The van der Waals surface area contributed by atoms with E-state index in [1.54, 1.807) is 116 Å². The number of aliphatic hydroxyl groups excluding tert-OH is 1. The third-order valence-corrected chi connectivity index (χ3v) is 18.4. The number of amides is 9. The maximum atomic E-state index is 14.8. The largest absolute Gasteiger partial charge is 0.481 e. The van der Waals surface area contributed by atoms with Gasteiger partial charge in [0.2, 0.25) is 35.4 Å². The van der Waals surface area contributed by atoms with Crippen LogP contribution in [0.3, 0.4) is 0 Å². The molecular formula is C70H108N12O16. The minimum atomic E-state index is -1.25. The second-order valence-electron chi connectivity index (χ2n) is 26.9. The molecule has 98 heavy (non-hydrogen) atoms. The van der Waals surface area contributed by atoms with Gasteiger partial charge in [-0.3, -0.25) is 48.1 Å². The summed E-state index contributed by atoms with van der Waals surface area (Å²) in [6.45, 7) is 19.6. The van der Waals surface area contributed by atoms with Crippen LogP contribution in [0.1, 0.15) is 156 Å². The van der Waals surface area contributed by atoms with Crippen molar-refractivity contribution >= 4 is 65.1 Å². The Hall–Kier alpha value is -8.37. The zero-order valence-electron chi connectivity index (χ0n) is 59.8. The molecule has 2 aromatic carbocycles. The van der Waals surface area contributed by atoms with E-state index in [0.29, 0.717) is 48.2 Å². The van der Waals surface area contributed by atoms with Gasteiger partial charge in [-0.1, -0.05) is 129 Å².